The van der Waals surface area contributed by atoms with Gasteiger partial charge in [-0.05, 0) is 41.5 Å². The summed E-state index contributed by atoms with van der Waals surface area (Å²) in [5.41, 5.74) is 2.49. The van der Waals surface area contributed by atoms with Crippen LogP contribution in [0.4, 0.5) is 0 Å². The summed E-state index contributed by atoms with van der Waals surface area (Å²) in [6.45, 7) is 1.54. The molecule has 0 bridgehead atoms. The minimum absolute atomic E-state index is 0.238. The third-order valence-electron chi connectivity index (χ3n) is 6.87. The molecule has 1 N–H and O–H groups in total. The number of aromatic amines is 1. The quantitative estimate of drug-likeness (QED) is 0.235. The Labute approximate surface area is 237 Å². The molecule has 1 aliphatic rings. The van der Waals surface area contributed by atoms with Crippen molar-refractivity contribution < 1.29 is 9.47 Å². The number of pyridine rings is 3. The van der Waals surface area contributed by atoms with Gasteiger partial charge in [-0.1, -0.05) is 48.2 Å². The average Bonchev–Trinajstić information content (AvgIpc) is 3.34. The van der Waals surface area contributed by atoms with Crippen LogP contribution in [0.3, 0.4) is 0 Å². The summed E-state index contributed by atoms with van der Waals surface area (Å²) in [6, 6.07) is 20.9. The van der Waals surface area contributed by atoms with Crippen LogP contribution in [0.2, 0.25) is 0 Å². The largest absolute Gasteiger partial charge is 0.490 e. The molecule has 0 fully saturated rings. The van der Waals surface area contributed by atoms with Gasteiger partial charge >= 0.3 is 0 Å². The van der Waals surface area contributed by atoms with Crippen LogP contribution >= 0.6 is 11.8 Å². The number of fused-ring (bicyclic) bond motifs is 3. The van der Waals surface area contributed by atoms with Crippen molar-refractivity contribution >= 4 is 33.6 Å². The van der Waals surface area contributed by atoms with Crippen molar-refractivity contribution in [2.45, 2.75) is 23.9 Å². The molecule has 0 radical (unpaired) electrons. The molecule has 11 heteroatoms. The van der Waals surface area contributed by atoms with Gasteiger partial charge in [-0.3, -0.25) is 14.2 Å². The molecular formula is C30H24N6O4S. The first kappa shape index (κ1) is 25.1. The summed E-state index contributed by atoms with van der Waals surface area (Å²) in [7, 11) is 0. The summed E-state index contributed by atoms with van der Waals surface area (Å²) < 4.78 is 14.5. The summed E-state index contributed by atoms with van der Waals surface area (Å²) in [5, 5.41) is 8.32. The molecule has 0 spiro atoms. The van der Waals surface area contributed by atoms with Gasteiger partial charge < -0.3 is 14.0 Å². The lowest BCUT2D eigenvalue weighted by Gasteiger charge is -2.11. The third kappa shape index (κ3) is 4.95. The fourth-order valence-corrected chi connectivity index (χ4v) is 5.54. The molecule has 1 aliphatic heterocycles. The van der Waals surface area contributed by atoms with E-state index in [1.54, 1.807) is 35.2 Å². The lowest BCUT2D eigenvalue weighted by atomic mass is 10.1. The number of nitrogens with one attached hydrogen (secondary N) is 1. The Kier molecular flexibility index (Phi) is 6.48. The number of ether oxygens (including phenoxy) is 2. The molecule has 0 atom stereocenters. The topological polar surface area (TPSA) is 117 Å². The van der Waals surface area contributed by atoms with E-state index >= 15 is 0 Å². The number of benzene rings is 2. The maximum absolute atomic E-state index is 13.5. The van der Waals surface area contributed by atoms with Crippen molar-refractivity contribution in [3.8, 4) is 17.4 Å². The second-order valence-corrected chi connectivity index (χ2v) is 10.6. The zero-order chi connectivity index (χ0) is 27.8. The van der Waals surface area contributed by atoms with Crippen molar-refractivity contribution in [1.29, 1.82) is 0 Å². The number of nitrogens with zero attached hydrogens (tertiary/aromatic N) is 5. The first-order valence-corrected chi connectivity index (χ1v) is 14.1. The van der Waals surface area contributed by atoms with E-state index in [1.807, 2.05) is 48.5 Å². The minimum Gasteiger partial charge on any atom is -0.490 e. The molecule has 2 aromatic carbocycles. The smallest absolute Gasteiger partial charge is 0.266 e. The Morgan fingerprint density at radius 2 is 1.59 bits per heavy atom. The molecule has 0 saturated carbocycles. The second-order valence-electron chi connectivity index (χ2n) is 9.64. The highest BCUT2D eigenvalue weighted by Crippen LogP contribution is 2.30. The van der Waals surface area contributed by atoms with Gasteiger partial charge in [-0.2, -0.15) is 4.98 Å². The standard InChI is InChI=1S/C30H24N6O4S/c37-27-21-16-22-24(10-12-36(28(22)38)29-32-30(34-33-29)41-18-19-5-2-1-3-6-19)31-23(21)9-11-35(27)17-20-7-8-25-26(15-20)40-14-4-13-39-25/h1-3,5-12,15-16H,4,13-14,17-18H2,(H,32,33,34). The van der Waals surface area contributed by atoms with Crippen LogP contribution < -0.4 is 20.6 Å². The molecule has 10 nitrogen and oxygen atoms in total. The normalized spacial score (nSPS) is 13.0. The number of rotatable bonds is 6. The van der Waals surface area contributed by atoms with Gasteiger partial charge in [0.1, 0.15) is 0 Å². The molecule has 7 rings (SSSR count). The molecule has 41 heavy (non-hydrogen) atoms. The van der Waals surface area contributed by atoms with Crippen molar-refractivity contribution in [1.82, 2.24) is 29.3 Å². The molecule has 0 unspecified atom stereocenters. The average molecular weight is 565 g/mol. The van der Waals surface area contributed by atoms with Gasteiger partial charge in [0.05, 0.1) is 41.6 Å². The van der Waals surface area contributed by atoms with Crippen molar-refractivity contribution in [2.75, 3.05) is 13.2 Å². The Morgan fingerprint density at radius 1 is 0.805 bits per heavy atom. The van der Waals surface area contributed by atoms with Crippen molar-refractivity contribution in [2.24, 2.45) is 0 Å². The minimum atomic E-state index is -0.342. The van der Waals surface area contributed by atoms with Gasteiger partial charge in [-0.25, -0.2) is 10.1 Å². The zero-order valence-electron chi connectivity index (χ0n) is 21.8. The van der Waals surface area contributed by atoms with Gasteiger partial charge in [0.15, 0.2) is 11.5 Å². The molecule has 204 valence electrons. The predicted molar refractivity (Wildman–Crippen MR) is 156 cm³/mol. The Bertz CT molecular complexity index is 2020. The number of hydrogen-bond donors (Lipinski definition) is 1. The Hall–Kier alpha value is -4.90. The van der Waals surface area contributed by atoms with Gasteiger partial charge in [0, 0.05) is 24.6 Å². The SMILES string of the molecule is O=c1c2cc3c(=O)n(-c4nc(SCc5ccccc5)n[nH]4)ccc3nc2ccn1Cc1ccc2c(c1)OCCCO2. The van der Waals surface area contributed by atoms with Crippen LogP contribution in [0.25, 0.3) is 27.8 Å². The maximum atomic E-state index is 13.5. The maximum Gasteiger partial charge on any atom is 0.266 e. The summed E-state index contributed by atoms with van der Waals surface area (Å²) in [4.78, 5) is 36.1. The molecular weight excluding hydrogens is 540 g/mol. The van der Waals surface area contributed by atoms with Crippen LogP contribution in [0.15, 0.2) is 93.9 Å². The van der Waals surface area contributed by atoms with E-state index in [0.717, 1.165) is 17.5 Å². The summed E-state index contributed by atoms with van der Waals surface area (Å²) >= 11 is 1.47. The van der Waals surface area contributed by atoms with Crippen LogP contribution in [0.1, 0.15) is 17.5 Å². The van der Waals surface area contributed by atoms with E-state index in [-0.39, 0.29) is 11.1 Å². The lowest BCUT2D eigenvalue weighted by molar-refractivity contribution is 0.297. The van der Waals surface area contributed by atoms with E-state index in [0.29, 0.717) is 69.9 Å². The molecule has 4 aromatic heterocycles. The second kappa shape index (κ2) is 10.6. The fourth-order valence-electron chi connectivity index (χ4n) is 4.79. The number of hydrogen-bond acceptors (Lipinski definition) is 8. The lowest BCUT2D eigenvalue weighted by Crippen LogP contribution is -2.22. The van der Waals surface area contributed by atoms with E-state index < -0.39 is 0 Å². The van der Waals surface area contributed by atoms with E-state index in [1.165, 1.54) is 16.3 Å². The van der Waals surface area contributed by atoms with Gasteiger partial charge in [0.2, 0.25) is 11.1 Å². The molecule has 5 heterocycles. The molecule has 0 aliphatic carbocycles. The van der Waals surface area contributed by atoms with Crippen LogP contribution in [0, 0.1) is 0 Å². The summed E-state index contributed by atoms with van der Waals surface area (Å²) in [5.74, 6) is 2.39. The van der Waals surface area contributed by atoms with E-state index in [2.05, 4.69) is 20.2 Å². The highest BCUT2D eigenvalue weighted by Gasteiger charge is 2.15. The highest BCUT2D eigenvalue weighted by molar-refractivity contribution is 7.98. The number of thioether (sulfide) groups is 1. The third-order valence-corrected chi connectivity index (χ3v) is 7.79. The Morgan fingerprint density at radius 3 is 2.44 bits per heavy atom. The van der Waals surface area contributed by atoms with E-state index in [4.69, 9.17) is 9.47 Å². The number of aromatic nitrogens is 6. The van der Waals surface area contributed by atoms with Crippen LogP contribution in [0.5, 0.6) is 11.5 Å². The first-order chi connectivity index (χ1) is 20.1. The van der Waals surface area contributed by atoms with Crippen LogP contribution in [-0.4, -0.2) is 42.5 Å². The highest BCUT2D eigenvalue weighted by atomic mass is 32.2. The Balaban J connectivity index is 1.20. The first-order valence-electron chi connectivity index (χ1n) is 13.2. The van der Waals surface area contributed by atoms with Crippen molar-refractivity contribution in [3.05, 3.63) is 111 Å². The molecule has 6 aromatic rings. The fraction of sp³-hybridized carbons (Fsp3) is 0.167. The van der Waals surface area contributed by atoms with Gasteiger partial charge in [0.25, 0.3) is 11.1 Å². The monoisotopic (exact) mass is 564 g/mol. The molecule has 0 saturated heterocycles. The summed E-state index contributed by atoms with van der Waals surface area (Å²) in [6.07, 6.45) is 4.15. The van der Waals surface area contributed by atoms with Crippen LogP contribution in [-0.2, 0) is 12.3 Å². The van der Waals surface area contributed by atoms with Crippen molar-refractivity contribution in [3.63, 3.8) is 0 Å². The zero-order valence-corrected chi connectivity index (χ0v) is 22.6. The predicted octanol–water partition coefficient (Wildman–Crippen LogP) is 4.32. The van der Waals surface area contributed by atoms with E-state index in [9.17, 15) is 9.59 Å². The van der Waals surface area contributed by atoms with Gasteiger partial charge in [-0.15, -0.1) is 5.10 Å². The number of H-pyrrole nitrogens is 1. The molecule has 0 amide bonds.